The molecule has 0 aromatic heterocycles. The minimum absolute atomic E-state index is 0.0177. The molecule has 0 saturated heterocycles. The first-order chi connectivity index (χ1) is 13.6. The maximum atomic E-state index is 12.4. The molecule has 1 heterocycles. The van der Waals surface area contributed by atoms with Crippen LogP contribution in [0.2, 0.25) is 5.02 Å². The van der Waals surface area contributed by atoms with Crippen LogP contribution in [-0.4, -0.2) is 32.1 Å². The van der Waals surface area contributed by atoms with Crippen molar-refractivity contribution in [2.75, 3.05) is 20.3 Å². The molecule has 0 unspecified atom stereocenters. The van der Waals surface area contributed by atoms with E-state index in [0.29, 0.717) is 46.6 Å². The van der Waals surface area contributed by atoms with Crippen LogP contribution in [0.25, 0.3) is 0 Å². The summed E-state index contributed by atoms with van der Waals surface area (Å²) in [5, 5.41) is 0.524. The summed E-state index contributed by atoms with van der Waals surface area (Å²) in [6, 6.07) is 10.1. The molecule has 148 valence electrons. The third-order valence-corrected chi connectivity index (χ3v) is 4.49. The van der Waals surface area contributed by atoms with Crippen molar-refractivity contribution in [2.45, 2.75) is 25.9 Å². The molecule has 0 amide bonds. The second kappa shape index (κ2) is 9.46. The summed E-state index contributed by atoms with van der Waals surface area (Å²) < 4.78 is 21.6. The predicted octanol–water partition coefficient (Wildman–Crippen LogP) is 4.22. The topological polar surface area (TPSA) is 71.1 Å². The second-order valence-electron chi connectivity index (χ2n) is 6.25. The summed E-state index contributed by atoms with van der Waals surface area (Å²) in [6.45, 7) is 1.16. The van der Waals surface area contributed by atoms with Gasteiger partial charge in [0.15, 0.2) is 17.3 Å². The molecule has 0 atom stereocenters. The lowest BCUT2D eigenvalue weighted by Crippen LogP contribution is -2.09. The summed E-state index contributed by atoms with van der Waals surface area (Å²) in [4.78, 5) is 24.4. The van der Waals surface area contributed by atoms with Gasteiger partial charge in [-0.3, -0.25) is 9.59 Å². The number of hydrogen-bond donors (Lipinski definition) is 0. The second-order valence-corrected chi connectivity index (χ2v) is 6.69. The average molecular weight is 405 g/mol. The van der Waals surface area contributed by atoms with E-state index in [-0.39, 0.29) is 25.2 Å². The Balaban J connectivity index is 1.53. The van der Waals surface area contributed by atoms with Crippen LogP contribution < -0.4 is 14.2 Å². The van der Waals surface area contributed by atoms with Gasteiger partial charge in [-0.2, -0.15) is 0 Å². The number of hydrogen-bond acceptors (Lipinski definition) is 6. The van der Waals surface area contributed by atoms with Gasteiger partial charge in [0.05, 0.1) is 26.7 Å². The van der Waals surface area contributed by atoms with Gasteiger partial charge in [0.2, 0.25) is 0 Å². The summed E-state index contributed by atoms with van der Waals surface area (Å²) in [5.74, 6) is 1.14. The van der Waals surface area contributed by atoms with E-state index in [9.17, 15) is 9.59 Å². The molecule has 3 rings (SSSR count). The third-order valence-electron chi connectivity index (χ3n) is 4.26. The van der Waals surface area contributed by atoms with Gasteiger partial charge in [-0.15, -0.1) is 0 Å². The highest BCUT2D eigenvalue weighted by Gasteiger charge is 2.16. The summed E-state index contributed by atoms with van der Waals surface area (Å²) in [6.07, 6.45) is 0.822. The predicted molar refractivity (Wildman–Crippen MR) is 103 cm³/mol. The highest BCUT2D eigenvalue weighted by Crippen LogP contribution is 2.31. The van der Waals surface area contributed by atoms with Crippen molar-refractivity contribution < 1.29 is 28.5 Å². The Hall–Kier alpha value is -2.73. The van der Waals surface area contributed by atoms with Crippen LogP contribution in [0.15, 0.2) is 36.4 Å². The molecule has 7 heteroatoms. The zero-order chi connectivity index (χ0) is 19.9. The first-order valence-corrected chi connectivity index (χ1v) is 9.35. The zero-order valence-corrected chi connectivity index (χ0v) is 16.3. The van der Waals surface area contributed by atoms with E-state index in [4.69, 9.17) is 30.5 Å². The molecule has 6 nitrogen and oxygen atoms in total. The number of ketones is 1. The molecule has 0 aliphatic carbocycles. The van der Waals surface area contributed by atoms with Crippen molar-refractivity contribution >= 4 is 23.4 Å². The molecule has 1 aliphatic rings. The Bertz CT molecular complexity index is 864. The van der Waals surface area contributed by atoms with E-state index in [1.807, 2.05) is 0 Å². The molecule has 2 aromatic carbocycles. The van der Waals surface area contributed by atoms with E-state index in [0.717, 1.165) is 6.42 Å². The van der Waals surface area contributed by atoms with Crippen molar-refractivity contribution in [2.24, 2.45) is 0 Å². The van der Waals surface area contributed by atoms with Crippen molar-refractivity contribution in [1.82, 2.24) is 0 Å². The lowest BCUT2D eigenvalue weighted by Gasteiger charge is -2.10. The van der Waals surface area contributed by atoms with E-state index in [1.165, 1.54) is 7.11 Å². The van der Waals surface area contributed by atoms with Gasteiger partial charge in [0.1, 0.15) is 12.4 Å². The van der Waals surface area contributed by atoms with E-state index < -0.39 is 5.97 Å². The van der Waals surface area contributed by atoms with E-state index in [2.05, 4.69) is 0 Å². The van der Waals surface area contributed by atoms with Crippen molar-refractivity contribution in [1.29, 1.82) is 0 Å². The molecule has 0 spiro atoms. The number of methoxy groups -OCH3 is 1. The molecular weight excluding hydrogens is 384 g/mol. The number of halogens is 1. The average Bonchev–Trinajstić information content (AvgIpc) is 2.95. The Labute approximate surface area is 168 Å². The van der Waals surface area contributed by atoms with Gasteiger partial charge in [-0.25, -0.2) is 0 Å². The SMILES string of the molecule is COc1ccc(Cl)cc1COC(=O)CCC(=O)c1ccc2c(c1)OCCCO2. The first-order valence-electron chi connectivity index (χ1n) is 8.97. The molecule has 28 heavy (non-hydrogen) atoms. The van der Waals surface area contributed by atoms with Gasteiger partial charge >= 0.3 is 5.97 Å². The minimum atomic E-state index is -0.468. The van der Waals surface area contributed by atoms with Crippen molar-refractivity contribution in [3.05, 3.63) is 52.5 Å². The van der Waals surface area contributed by atoms with Gasteiger partial charge in [-0.05, 0) is 36.4 Å². The highest BCUT2D eigenvalue weighted by molar-refractivity contribution is 6.30. The molecule has 0 saturated carbocycles. The quantitative estimate of drug-likeness (QED) is 0.508. The lowest BCUT2D eigenvalue weighted by atomic mass is 10.1. The Morgan fingerprint density at radius 2 is 1.82 bits per heavy atom. The van der Waals surface area contributed by atoms with Crippen LogP contribution in [0.5, 0.6) is 17.2 Å². The normalized spacial score (nSPS) is 12.8. The van der Waals surface area contributed by atoms with E-state index in [1.54, 1.807) is 36.4 Å². The number of fused-ring (bicyclic) bond motifs is 1. The van der Waals surface area contributed by atoms with Crippen LogP contribution >= 0.6 is 11.6 Å². The Morgan fingerprint density at radius 1 is 1.04 bits per heavy atom. The van der Waals surface area contributed by atoms with Gasteiger partial charge in [-0.1, -0.05) is 11.6 Å². The maximum absolute atomic E-state index is 12.4. The third kappa shape index (κ3) is 5.16. The minimum Gasteiger partial charge on any atom is -0.496 e. The van der Waals surface area contributed by atoms with Crippen LogP contribution in [0.4, 0.5) is 0 Å². The fourth-order valence-corrected chi connectivity index (χ4v) is 2.98. The Kier molecular flexibility index (Phi) is 6.76. The molecule has 0 bridgehead atoms. The number of rotatable bonds is 7. The number of Topliss-reactive ketones (excluding diaryl/α,β-unsaturated/α-hetero) is 1. The lowest BCUT2D eigenvalue weighted by molar-refractivity contribution is -0.144. The van der Waals surface area contributed by atoms with Crippen LogP contribution in [-0.2, 0) is 16.1 Å². The summed E-state index contributed by atoms with van der Waals surface area (Å²) in [5.41, 5.74) is 1.14. The molecule has 1 aliphatic heterocycles. The monoisotopic (exact) mass is 404 g/mol. The van der Waals surface area contributed by atoms with Crippen molar-refractivity contribution in [3.8, 4) is 17.2 Å². The number of carbonyl (C=O) groups is 2. The fraction of sp³-hybridized carbons (Fsp3) is 0.333. The maximum Gasteiger partial charge on any atom is 0.306 e. The zero-order valence-electron chi connectivity index (χ0n) is 15.5. The largest absolute Gasteiger partial charge is 0.496 e. The van der Waals surface area contributed by atoms with E-state index >= 15 is 0 Å². The number of esters is 1. The smallest absolute Gasteiger partial charge is 0.306 e. The summed E-state index contributed by atoms with van der Waals surface area (Å²) in [7, 11) is 1.53. The standard InChI is InChI=1S/C21H21ClO6/c1-25-18-7-4-16(22)11-15(18)13-28-21(24)8-5-17(23)14-3-6-19-20(12-14)27-10-2-9-26-19/h3-4,6-7,11-12H,2,5,8-10,13H2,1H3. The molecule has 2 aromatic rings. The molecular formula is C21H21ClO6. The van der Waals surface area contributed by atoms with Crippen LogP contribution in [0.1, 0.15) is 35.2 Å². The molecule has 0 N–H and O–H groups in total. The van der Waals surface area contributed by atoms with Gasteiger partial charge in [0.25, 0.3) is 0 Å². The van der Waals surface area contributed by atoms with Gasteiger partial charge < -0.3 is 18.9 Å². The molecule has 0 radical (unpaired) electrons. The highest BCUT2D eigenvalue weighted by atomic mass is 35.5. The van der Waals surface area contributed by atoms with Gasteiger partial charge in [0, 0.05) is 29.0 Å². The van der Waals surface area contributed by atoms with Crippen molar-refractivity contribution in [3.63, 3.8) is 0 Å². The number of ether oxygens (including phenoxy) is 4. The van der Waals surface area contributed by atoms with Crippen LogP contribution in [0.3, 0.4) is 0 Å². The fourth-order valence-electron chi connectivity index (χ4n) is 2.79. The molecule has 0 fully saturated rings. The van der Waals surface area contributed by atoms with Crippen LogP contribution in [0, 0.1) is 0 Å². The Morgan fingerprint density at radius 3 is 2.61 bits per heavy atom. The number of benzene rings is 2. The first kappa shape index (κ1) is 20.0. The number of carbonyl (C=O) groups excluding carboxylic acids is 2. The summed E-state index contributed by atoms with van der Waals surface area (Å²) >= 11 is 5.96.